The lowest BCUT2D eigenvalue weighted by atomic mass is 9.91. The lowest BCUT2D eigenvalue weighted by Crippen LogP contribution is -2.32. The van der Waals surface area contributed by atoms with Gasteiger partial charge in [0.05, 0.1) is 0 Å². The number of carboxylic acids is 1. The molecule has 0 fully saturated rings. The molecule has 1 aromatic rings. The largest absolute Gasteiger partial charge is 0.480 e. The monoisotopic (exact) mass is 248 g/mol. The Balaban J connectivity index is 1.88. The van der Waals surface area contributed by atoms with Crippen LogP contribution in [0.2, 0.25) is 0 Å². The number of carbonyl (C=O) groups is 1. The summed E-state index contributed by atoms with van der Waals surface area (Å²) in [5, 5.41) is 11.9. The van der Waals surface area contributed by atoms with Gasteiger partial charge in [-0.3, -0.25) is 4.79 Å². The summed E-state index contributed by atoms with van der Waals surface area (Å²) in [4.78, 5) is 10.6. The average Bonchev–Trinajstić information content (AvgIpc) is 2.38. The minimum Gasteiger partial charge on any atom is -0.480 e. The van der Waals surface area contributed by atoms with Crippen LogP contribution in [0.1, 0.15) is 30.4 Å². The van der Waals surface area contributed by atoms with E-state index in [9.17, 15) is 4.79 Å². The highest BCUT2D eigenvalue weighted by molar-refractivity contribution is 5.73. The molecule has 0 aliphatic heterocycles. The Hall–Kier alpha value is -1.55. The molecule has 2 rings (SSSR count). The molecule has 0 bridgehead atoms. The highest BCUT2D eigenvalue weighted by atomic mass is 16.4. The van der Waals surface area contributed by atoms with E-state index in [1.807, 2.05) is 0 Å². The Morgan fingerprint density at radius 2 is 2.06 bits per heavy atom. The van der Waals surface area contributed by atoms with E-state index in [1.165, 1.54) is 30.4 Å². The molecule has 0 saturated heterocycles. The number of nitrogens with two attached hydrogens (primary N) is 1. The van der Waals surface area contributed by atoms with Crippen LogP contribution < -0.4 is 11.1 Å². The molecule has 0 spiro atoms. The minimum atomic E-state index is -0.942. The van der Waals surface area contributed by atoms with Crippen LogP contribution in [0.4, 0.5) is 5.69 Å². The number of nitrogens with one attached hydrogen (secondary N) is 1. The predicted octanol–water partition coefficient (Wildman–Crippen LogP) is 1.78. The van der Waals surface area contributed by atoms with Crippen LogP contribution in [0.25, 0.3) is 0 Å². The Morgan fingerprint density at radius 3 is 2.78 bits per heavy atom. The smallest absolute Gasteiger partial charge is 0.320 e. The summed E-state index contributed by atoms with van der Waals surface area (Å²) in [6, 6.07) is 5.64. The van der Waals surface area contributed by atoms with Crippen molar-refractivity contribution < 1.29 is 9.90 Å². The minimum absolute atomic E-state index is 0.437. The fourth-order valence-corrected chi connectivity index (χ4v) is 2.34. The average molecular weight is 248 g/mol. The van der Waals surface area contributed by atoms with E-state index in [-0.39, 0.29) is 0 Å². The number of carboxylic acid groups (broad SMARTS) is 1. The van der Waals surface area contributed by atoms with Crippen LogP contribution in [0, 0.1) is 0 Å². The third kappa shape index (κ3) is 3.23. The number of aryl methyl sites for hydroxylation is 2. The summed E-state index contributed by atoms with van der Waals surface area (Å²) in [6.07, 6.45) is 5.32. The number of rotatable bonds is 5. The number of fused-ring (bicyclic) bond motifs is 1. The summed E-state index contributed by atoms with van der Waals surface area (Å²) >= 11 is 0. The molecule has 4 N–H and O–H groups in total. The molecule has 0 heterocycles. The Morgan fingerprint density at radius 1 is 1.33 bits per heavy atom. The van der Waals surface area contributed by atoms with Crippen molar-refractivity contribution in [2.45, 2.75) is 38.1 Å². The van der Waals surface area contributed by atoms with Crippen molar-refractivity contribution in [2.75, 3.05) is 11.9 Å². The molecule has 4 nitrogen and oxygen atoms in total. The molecule has 1 unspecified atom stereocenters. The van der Waals surface area contributed by atoms with Gasteiger partial charge in [-0.15, -0.1) is 0 Å². The quantitative estimate of drug-likeness (QED) is 0.742. The Bertz CT molecular complexity index is 432. The summed E-state index contributed by atoms with van der Waals surface area (Å²) in [5.41, 5.74) is 9.39. The van der Waals surface area contributed by atoms with Gasteiger partial charge in [0, 0.05) is 12.2 Å². The van der Waals surface area contributed by atoms with Gasteiger partial charge in [-0.2, -0.15) is 0 Å². The van der Waals surface area contributed by atoms with Crippen molar-refractivity contribution in [3.63, 3.8) is 0 Å². The zero-order valence-electron chi connectivity index (χ0n) is 10.5. The summed E-state index contributed by atoms with van der Waals surface area (Å²) in [5.74, 6) is -0.942. The molecular weight excluding hydrogens is 228 g/mol. The van der Waals surface area contributed by atoms with Crippen LogP contribution in [-0.4, -0.2) is 23.7 Å². The molecule has 0 amide bonds. The van der Waals surface area contributed by atoms with E-state index in [1.54, 1.807) is 0 Å². The van der Waals surface area contributed by atoms with Crippen molar-refractivity contribution in [1.82, 2.24) is 0 Å². The summed E-state index contributed by atoms with van der Waals surface area (Å²) in [6.45, 7) is 0.590. The third-order valence-electron chi connectivity index (χ3n) is 3.45. The highest BCUT2D eigenvalue weighted by Crippen LogP contribution is 2.24. The number of hydrogen-bond acceptors (Lipinski definition) is 3. The zero-order chi connectivity index (χ0) is 13.0. The van der Waals surface area contributed by atoms with Gasteiger partial charge in [0.25, 0.3) is 0 Å². The molecule has 1 atom stereocenters. The van der Waals surface area contributed by atoms with Crippen LogP contribution in [0.5, 0.6) is 0 Å². The van der Waals surface area contributed by atoms with Gasteiger partial charge in [-0.25, -0.2) is 0 Å². The van der Waals surface area contributed by atoms with Gasteiger partial charge in [0.2, 0.25) is 0 Å². The molecule has 4 heteroatoms. The highest BCUT2D eigenvalue weighted by Gasteiger charge is 2.11. The van der Waals surface area contributed by atoms with E-state index < -0.39 is 12.0 Å². The fraction of sp³-hybridized carbons (Fsp3) is 0.500. The lowest BCUT2D eigenvalue weighted by Gasteiger charge is -2.17. The molecule has 1 aliphatic rings. The van der Waals surface area contributed by atoms with E-state index in [4.69, 9.17) is 10.8 Å². The van der Waals surface area contributed by atoms with Crippen molar-refractivity contribution >= 4 is 11.7 Å². The second kappa shape index (κ2) is 5.87. The maximum Gasteiger partial charge on any atom is 0.320 e. The van der Waals surface area contributed by atoms with Gasteiger partial charge in [-0.05, 0) is 55.4 Å². The number of anilines is 1. The van der Waals surface area contributed by atoms with Crippen LogP contribution >= 0.6 is 0 Å². The maximum atomic E-state index is 10.6. The molecule has 1 aromatic carbocycles. The second-order valence-electron chi connectivity index (χ2n) is 4.85. The molecule has 0 saturated carbocycles. The first-order chi connectivity index (χ1) is 8.66. The van der Waals surface area contributed by atoms with Crippen LogP contribution in [0.15, 0.2) is 18.2 Å². The van der Waals surface area contributed by atoms with E-state index in [0.717, 1.165) is 12.1 Å². The Labute approximate surface area is 107 Å². The van der Waals surface area contributed by atoms with Crippen molar-refractivity contribution in [3.05, 3.63) is 29.3 Å². The third-order valence-corrected chi connectivity index (χ3v) is 3.45. The number of aliphatic carboxylic acids is 1. The van der Waals surface area contributed by atoms with E-state index >= 15 is 0 Å². The summed E-state index contributed by atoms with van der Waals surface area (Å²) in [7, 11) is 0. The van der Waals surface area contributed by atoms with Gasteiger partial charge in [0.1, 0.15) is 6.04 Å². The molecular formula is C14H20N2O2. The van der Waals surface area contributed by atoms with E-state index in [2.05, 4.69) is 23.5 Å². The van der Waals surface area contributed by atoms with Crippen molar-refractivity contribution in [1.29, 1.82) is 0 Å². The number of hydrogen-bond donors (Lipinski definition) is 3. The lowest BCUT2D eigenvalue weighted by molar-refractivity contribution is -0.138. The van der Waals surface area contributed by atoms with Crippen LogP contribution in [0.3, 0.4) is 0 Å². The summed E-state index contributed by atoms with van der Waals surface area (Å²) < 4.78 is 0. The van der Waals surface area contributed by atoms with E-state index in [0.29, 0.717) is 13.0 Å². The molecule has 1 aliphatic carbocycles. The topological polar surface area (TPSA) is 75.3 Å². The SMILES string of the molecule is NC(CCNc1ccc2c(c1)CCCC2)C(=O)O. The molecule has 18 heavy (non-hydrogen) atoms. The van der Waals surface area contributed by atoms with Crippen LogP contribution in [-0.2, 0) is 17.6 Å². The molecule has 0 radical (unpaired) electrons. The first kappa shape index (κ1) is 12.9. The van der Waals surface area contributed by atoms with Crippen molar-refractivity contribution in [3.8, 4) is 0 Å². The second-order valence-corrected chi connectivity index (χ2v) is 4.85. The Kier molecular flexibility index (Phi) is 4.20. The number of benzene rings is 1. The zero-order valence-corrected chi connectivity index (χ0v) is 10.5. The fourth-order valence-electron chi connectivity index (χ4n) is 2.34. The standard InChI is InChI=1S/C14H20N2O2/c15-13(14(17)18)7-8-16-12-6-5-10-3-1-2-4-11(10)9-12/h5-6,9,13,16H,1-4,7-8,15H2,(H,17,18). The van der Waals surface area contributed by atoms with Gasteiger partial charge >= 0.3 is 5.97 Å². The maximum absolute atomic E-state index is 10.6. The van der Waals surface area contributed by atoms with Gasteiger partial charge in [-0.1, -0.05) is 6.07 Å². The predicted molar refractivity (Wildman–Crippen MR) is 71.8 cm³/mol. The molecule has 98 valence electrons. The first-order valence-corrected chi connectivity index (χ1v) is 6.51. The normalized spacial score (nSPS) is 15.8. The van der Waals surface area contributed by atoms with Crippen molar-refractivity contribution in [2.24, 2.45) is 5.73 Å². The first-order valence-electron chi connectivity index (χ1n) is 6.51. The van der Waals surface area contributed by atoms with Gasteiger partial charge < -0.3 is 16.2 Å². The van der Waals surface area contributed by atoms with Gasteiger partial charge in [0.15, 0.2) is 0 Å². The molecule has 0 aromatic heterocycles.